The van der Waals surface area contributed by atoms with E-state index in [4.69, 9.17) is 0 Å². The molecule has 1 unspecified atom stereocenters. The van der Waals surface area contributed by atoms with Crippen LogP contribution in [0, 0.1) is 0 Å². The third-order valence-electron chi connectivity index (χ3n) is 2.04. The number of rotatable bonds is 3. The first-order chi connectivity index (χ1) is 5.68. The van der Waals surface area contributed by atoms with E-state index in [1.54, 1.807) is 0 Å². The molecule has 1 rings (SSSR count). The molecule has 2 N–H and O–H groups in total. The van der Waals surface area contributed by atoms with Gasteiger partial charge in [-0.15, -0.1) is 0 Å². The van der Waals surface area contributed by atoms with Crippen LogP contribution in [-0.2, 0) is 4.79 Å². The van der Waals surface area contributed by atoms with Crippen LogP contribution < -0.4 is 10.6 Å². The molecular weight excluding hydrogens is 152 g/mol. The zero-order chi connectivity index (χ0) is 8.97. The average Bonchev–Trinajstić information content (AvgIpc) is 2.37. The van der Waals surface area contributed by atoms with Crippen LogP contribution in [0.3, 0.4) is 0 Å². The quantitative estimate of drug-likeness (QED) is 0.653. The largest absolute Gasteiger partial charge is 0.354 e. The Bertz CT molecular complexity index is 151. The van der Waals surface area contributed by atoms with Crippen LogP contribution in [0.5, 0.6) is 0 Å². The van der Waals surface area contributed by atoms with E-state index in [2.05, 4.69) is 10.6 Å². The van der Waals surface area contributed by atoms with Gasteiger partial charge in [0, 0.05) is 18.5 Å². The van der Waals surface area contributed by atoms with Gasteiger partial charge in [0.25, 0.3) is 0 Å². The van der Waals surface area contributed by atoms with Gasteiger partial charge >= 0.3 is 0 Å². The third kappa shape index (κ3) is 3.22. The molecule has 1 heterocycles. The first kappa shape index (κ1) is 9.52. The molecule has 1 saturated heterocycles. The van der Waals surface area contributed by atoms with Crippen molar-refractivity contribution < 1.29 is 4.79 Å². The van der Waals surface area contributed by atoms with Gasteiger partial charge in [-0.2, -0.15) is 0 Å². The third-order valence-corrected chi connectivity index (χ3v) is 2.04. The molecule has 1 aliphatic rings. The molecule has 1 atom stereocenters. The average molecular weight is 170 g/mol. The fourth-order valence-corrected chi connectivity index (χ4v) is 1.54. The molecule has 12 heavy (non-hydrogen) atoms. The van der Waals surface area contributed by atoms with Crippen LogP contribution >= 0.6 is 0 Å². The fourth-order valence-electron chi connectivity index (χ4n) is 1.54. The van der Waals surface area contributed by atoms with E-state index in [-0.39, 0.29) is 11.9 Å². The molecule has 0 aromatic carbocycles. The summed E-state index contributed by atoms with van der Waals surface area (Å²) in [5, 5.41) is 6.19. The van der Waals surface area contributed by atoms with Crippen molar-refractivity contribution in [2.24, 2.45) is 0 Å². The molecule has 0 bridgehead atoms. The van der Waals surface area contributed by atoms with Gasteiger partial charge in [-0.3, -0.25) is 4.79 Å². The molecule has 3 heteroatoms. The number of hydrogen-bond donors (Lipinski definition) is 2. The molecule has 1 amide bonds. The molecule has 0 spiro atoms. The predicted octanol–water partition coefficient (Wildman–Crippen LogP) is 0.653. The molecule has 0 aromatic heterocycles. The SMILES string of the molecule is CC(C)NC(=O)CC1CCCN1. The fraction of sp³-hybridized carbons (Fsp3) is 0.889. The Morgan fingerprint density at radius 1 is 1.67 bits per heavy atom. The van der Waals surface area contributed by atoms with Crippen molar-refractivity contribution >= 4 is 5.91 Å². The monoisotopic (exact) mass is 170 g/mol. The van der Waals surface area contributed by atoms with Crippen molar-refractivity contribution in [1.82, 2.24) is 10.6 Å². The highest BCUT2D eigenvalue weighted by atomic mass is 16.1. The lowest BCUT2D eigenvalue weighted by Crippen LogP contribution is -2.35. The van der Waals surface area contributed by atoms with Gasteiger partial charge < -0.3 is 10.6 Å². The first-order valence-corrected chi connectivity index (χ1v) is 4.71. The lowest BCUT2D eigenvalue weighted by molar-refractivity contribution is -0.122. The zero-order valence-electron chi connectivity index (χ0n) is 7.89. The number of carbonyl (C=O) groups excluding carboxylic acids is 1. The summed E-state index contributed by atoms with van der Waals surface area (Å²) in [6.07, 6.45) is 2.99. The second-order valence-electron chi connectivity index (χ2n) is 3.72. The van der Waals surface area contributed by atoms with Crippen molar-refractivity contribution in [3.05, 3.63) is 0 Å². The lowest BCUT2D eigenvalue weighted by atomic mass is 10.1. The topological polar surface area (TPSA) is 41.1 Å². The Hall–Kier alpha value is -0.570. The summed E-state index contributed by atoms with van der Waals surface area (Å²) in [6.45, 7) is 5.04. The van der Waals surface area contributed by atoms with E-state index < -0.39 is 0 Å². The van der Waals surface area contributed by atoms with Crippen LogP contribution in [-0.4, -0.2) is 24.5 Å². The van der Waals surface area contributed by atoms with E-state index in [0.29, 0.717) is 12.5 Å². The molecule has 1 fully saturated rings. The molecule has 0 saturated carbocycles. The highest BCUT2D eigenvalue weighted by Crippen LogP contribution is 2.08. The van der Waals surface area contributed by atoms with Gasteiger partial charge in [0.05, 0.1) is 0 Å². The Labute approximate surface area is 73.9 Å². The van der Waals surface area contributed by atoms with E-state index in [9.17, 15) is 4.79 Å². The number of carbonyl (C=O) groups is 1. The number of nitrogens with one attached hydrogen (secondary N) is 2. The molecular formula is C9H18N2O. The van der Waals surface area contributed by atoms with Crippen molar-refractivity contribution in [2.45, 2.75) is 45.2 Å². The summed E-state index contributed by atoms with van der Waals surface area (Å²) in [5.41, 5.74) is 0. The Kier molecular flexibility index (Phi) is 3.53. The van der Waals surface area contributed by atoms with Crippen LogP contribution in [0.2, 0.25) is 0 Å². The summed E-state index contributed by atoms with van der Waals surface area (Å²) in [7, 11) is 0. The molecule has 0 aromatic rings. The van der Waals surface area contributed by atoms with E-state index in [1.165, 1.54) is 6.42 Å². The maximum absolute atomic E-state index is 11.3. The van der Waals surface area contributed by atoms with Gasteiger partial charge in [-0.1, -0.05) is 0 Å². The summed E-state index contributed by atoms with van der Waals surface area (Å²) < 4.78 is 0. The van der Waals surface area contributed by atoms with Crippen LogP contribution in [0.1, 0.15) is 33.1 Å². The maximum atomic E-state index is 11.3. The molecule has 70 valence electrons. The van der Waals surface area contributed by atoms with E-state index >= 15 is 0 Å². The minimum atomic E-state index is 0.171. The summed E-state index contributed by atoms with van der Waals surface area (Å²) in [5.74, 6) is 0.171. The second kappa shape index (κ2) is 4.45. The smallest absolute Gasteiger partial charge is 0.221 e. The van der Waals surface area contributed by atoms with Gasteiger partial charge in [0.1, 0.15) is 0 Å². The number of amides is 1. The highest BCUT2D eigenvalue weighted by Gasteiger charge is 2.17. The van der Waals surface area contributed by atoms with Crippen LogP contribution in [0.25, 0.3) is 0 Å². The Balaban J connectivity index is 2.16. The van der Waals surface area contributed by atoms with E-state index in [1.807, 2.05) is 13.8 Å². The summed E-state index contributed by atoms with van der Waals surface area (Å²) >= 11 is 0. The van der Waals surface area contributed by atoms with Crippen LogP contribution in [0.15, 0.2) is 0 Å². The highest BCUT2D eigenvalue weighted by molar-refractivity contribution is 5.76. The molecule has 1 aliphatic heterocycles. The zero-order valence-corrected chi connectivity index (χ0v) is 7.89. The summed E-state index contributed by atoms with van der Waals surface area (Å²) in [4.78, 5) is 11.3. The van der Waals surface area contributed by atoms with Crippen molar-refractivity contribution in [3.8, 4) is 0 Å². The minimum Gasteiger partial charge on any atom is -0.354 e. The van der Waals surface area contributed by atoms with Crippen molar-refractivity contribution in [2.75, 3.05) is 6.54 Å². The molecule has 0 aliphatic carbocycles. The van der Waals surface area contributed by atoms with Gasteiger partial charge in [0.2, 0.25) is 5.91 Å². The molecule has 3 nitrogen and oxygen atoms in total. The summed E-state index contributed by atoms with van der Waals surface area (Å²) in [6, 6.07) is 0.683. The standard InChI is InChI=1S/C9H18N2O/c1-7(2)11-9(12)6-8-4-3-5-10-8/h7-8,10H,3-6H2,1-2H3,(H,11,12). The molecule has 0 radical (unpaired) electrons. The lowest BCUT2D eigenvalue weighted by Gasteiger charge is -2.12. The first-order valence-electron chi connectivity index (χ1n) is 4.71. The van der Waals surface area contributed by atoms with Crippen molar-refractivity contribution in [1.29, 1.82) is 0 Å². The van der Waals surface area contributed by atoms with E-state index in [0.717, 1.165) is 13.0 Å². The van der Waals surface area contributed by atoms with Crippen molar-refractivity contribution in [3.63, 3.8) is 0 Å². The van der Waals surface area contributed by atoms with Gasteiger partial charge in [-0.05, 0) is 33.2 Å². The predicted molar refractivity (Wildman–Crippen MR) is 48.9 cm³/mol. The minimum absolute atomic E-state index is 0.171. The number of hydrogen-bond acceptors (Lipinski definition) is 2. The van der Waals surface area contributed by atoms with Gasteiger partial charge in [-0.25, -0.2) is 0 Å². The van der Waals surface area contributed by atoms with Crippen LogP contribution in [0.4, 0.5) is 0 Å². The van der Waals surface area contributed by atoms with Gasteiger partial charge in [0.15, 0.2) is 0 Å². The normalized spacial score (nSPS) is 23.1. The maximum Gasteiger partial charge on any atom is 0.221 e. The Morgan fingerprint density at radius 2 is 2.42 bits per heavy atom. The second-order valence-corrected chi connectivity index (χ2v) is 3.72. The Morgan fingerprint density at radius 3 is 2.92 bits per heavy atom.